The third kappa shape index (κ3) is 55.8. The molecule has 0 heterocycles. The van der Waals surface area contributed by atoms with Gasteiger partial charge in [0.2, 0.25) is 0 Å². The van der Waals surface area contributed by atoms with Crippen LogP contribution in [0.3, 0.4) is 0 Å². The molecule has 0 fully saturated rings. The van der Waals surface area contributed by atoms with Gasteiger partial charge in [0.05, 0.1) is 0 Å². The third-order valence-electron chi connectivity index (χ3n) is 12.9. The number of carbonyl (C=O) groups is 3. The van der Waals surface area contributed by atoms with Gasteiger partial charge in [-0.3, -0.25) is 14.4 Å². The molecule has 0 amide bonds. The molecule has 0 aromatic carbocycles. The molecule has 1 atom stereocenters. The monoisotopic (exact) mass is 977 g/mol. The van der Waals surface area contributed by atoms with Crippen molar-refractivity contribution in [1.29, 1.82) is 0 Å². The van der Waals surface area contributed by atoms with E-state index >= 15 is 0 Å². The fourth-order valence-electron chi connectivity index (χ4n) is 8.47. The molecule has 70 heavy (non-hydrogen) atoms. The van der Waals surface area contributed by atoms with Gasteiger partial charge in [-0.15, -0.1) is 0 Å². The molecule has 0 aliphatic rings. The SMILES string of the molecule is CC/C=C\C/C=C\C/C=C\C/C=C\C/C=C\CCCCCCCCCCCC(=O)OCC(COC(=O)CCCCCCCCCCCCCC)OC(=O)CCCCCCC/C=C\CCCCCCCC. The molecule has 404 valence electrons. The predicted octanol–water partition coefficient (Wildman–Crippen LogP) is 20.2. The Morgan fingerprint density at radius 1 is 0.300 bits per heavy atom. The zero-order valence-corrected chi connectivity index (χ0v) is 46.3. The fourth-order valence-corrected chi connectivity index (χ4v) is 8.47. The van der Waals surface area contributed by atoms with Crippen LogP contribution in [0, 0.1) is 0 Å². The van der Waals surface area contributed by atoms with E-state index in [1.165, 1.54) is 148 Å². The second kappa shape index (κ2) is 58.4. The summed E-state index contributed by atoms with van der Waals surface area (Å²) in [5.74, 6) is -0.882. The van der Waals surface area contributed by atoms with Gasteiger partial charge < -0.3 is 14.2 Å². The summed E-state index contributed by atoms with van der Waals surface area (Å²) in [5, 5.41) is 0. The second-order valence-electron chi connectivity index (χ2n) is 19.9. The summed E-state index contributed by atoms with van der Waals surface area (Å²) >= 11 is 0. The van der Waals surface area contributed by atoms with Crippen molar-refractivity contribution in [2.45, 2.75) is 303 Å². The predicted molar refractivity (Wildman–Crippen MR) is 302 cm³/mol. The van der Waals surface area contributed by atoms with Gasteiger partial charge in [0.15, 0.2) is 6.10 Å². The number of ether oxygens (including phenoxy) is 3. The topological polar surface area (TPSA) is 78.9 Å². The van der Waals surface area contributed by atoms with E-state index in [-0.39, 0.29) is 31.1 Å². The van der Waals surface area contributed by atoms with Crippen LogP contribution in [-0.4, -0.2) is 37.2 Å². The molecule has 0 spiro atoms. The number of esters is 3. The van der Waals surface area contributed by atoms with E-state index in [2.05, 4.69) is 93.7 Å². The van der Waals surface area contributed by atoms with Crippen molar-refractivity contribution in [3.8, 4) is 0 Å². The fraction of sp³-hybridized carbons (Fsp3) is 0.766. The van der Waals surface area contributed by atoms with Crippen molar-refractivity contribution < 1.29 is 28.6 Å². The number of allylic oxidation sites excluding steroid dienone is 12. The summed E-state index contributed by atoms with van der Waals surface area (Å²) in [6.45, 7) is 6.53. The average Bonchev–Trinajstić information content (AvgIpc) is 3.36. The zero-order valence-electron chi connectivity index (χ0n) is 46.3. The van der Waals surface area contributed by atoms with Crippen LogP contribution in [0.4, 0.5) is 0 Å². The number of rotatable bonds is 54. The quantitative estimate of drug-likeness (QED) is 0.0261. The van der Waals surface area contributed by atoms with Crippen molar-refractivity contribution in [3.63, 3.8) is 0 Å². The normalized spacial score (nSPS) is 12.6. The molecule has 0 aliphatic heterocycles. The van der Waals surface area contributed by atoms with E-state index in [1.807, 2.05) is 0 Å². The van der Waals surface area contributed by atoms with Crippen molar-refractivity contribution >= 4 is 17.9 Å². The minimum atomic E-state index is -0.780. The van der Waals surface area contributed by atoms with E-state index in [1.54, 1.807) is 0 Å². The second-order valence-corrected chi connectivity index (χ2v) is 19.9. The lowest BCUT2D eigenvalue weighted by Crippen LogP contribution is -2.30. The summed E-state index contributed by atoms with van der Waals surface area (Å²) in [6, 6.07) is 0. The lowest BCUT2D eigenvalue weighted by atomic mass is 10.0. The van der Waals surface area contributed by atoms with Gasteiger partial charge in [-0.25, -0.2) is 0 Å². The van der Waals surface area contributed by atoms with Gasteiger partial charge in [-0.1, -0.05) is 261 Å². The summed E-state index contributed by atoms with van der Waals surface area (Å²) in [6.07, 6.45) is 74.7. The number of unbranched alkanes of at least 4 members (excludes halogenated alkanes) is 31. The lowest BCUT2D eigenvalue weighted by molar-refractivity contribution is -0.167. The molecular formula is C64H112O6. The molecule has 6 heteroatoms. The standard InChI is InChI=1S/C64H112O6/c1-4-7-10-13-16-19-22-25-27-28-29-30-31-32-33-34-35-36-38-39-42-45-48-51-54-57-63(66)69-60-61(59-68-62(65)56-53-50-47-44-41-24-21-18-15-12-9-6-3)70-64(67)58-55-52-49-46-43-40-37-26-23-20-17-14-11-8-5-2/h7,10,16,19,25-27,29-30,32-33,37,61H,4-6,8-9,11-15,17-18,20-24,28,31,34-36,38-60H2,1-3H3/b10-7-,19-16-,27-25-,30-29-,33-32-,37-26-. The highest BCUT2D eigenvalue weighted by atomic mass is 16.6. The lowest BCUT2D eigenvalue weighted by Gasteiger charge is -2.18. The van der Waals surface area contributed by atoms with Crippen LogP contribution in [0.1, 0.15) is 297 Å². The molecule has 0 N–H and O–H groups in total. The summed E-state index contributed by atoms with van der Waals surface area (Å²) in [7, 11) is 0. The van der Waals surface area contributed by atoms with E-state index in [0.29, 0.717) is 19.3 Å². The average molecular weight is 978 g/mol. The highest BCUT2D eigenvalue weighted by Gasteiger charge is 2.19. The van der Waals surface area contributed by atoms with Crippen LogP contribution < -0.4 is 0 Å². The zero-order chi connectivity index (χ0) is 50.7. The van der Waals surface area contributed by atoms with Gasteiger partial charge in [-0.05, 0) is 89.9 Å². The Morgan fingerprint density at radius 2 is 0.557 bits per heavy atom. The number of carbonyl (C=O) groups excluding carboxylic acids is 3. The molecule has 0 aromatic heterocycles. The molecule has 0 saturated carbocycles. The first-order chi connectivity index (χ1) is 34.5. The minimum absolute atomic E-state index is 0.0775. The van der Waals surface area contributed by atoms with E-state index in [9.17, 15) is 14.4 Å². The van der Waals surface area contributed by atoms with Crippen LogP contribution in [-0.2, 0) is 28.6 Å². The van der Waals surface area contributed by atoms with E-state index in [4.69, 9.17) is 14.2 Å². The molecule has 0 radical (unpaired) electrons. The Labute approximate surface area is 433 Å². The van der Waals surface area contributed by atoms with Crippen molar-refractivity contribution in [2.24, 2.45) is 0 Å². The molecule has 0 rings (SSSR count). The van der Waals surface area contributed by atoms with Gasteiger partial charge in [-0.2, -0.15) is 0 Å². The Morgan fingerprint density at radius 3 is 0.886 bits per heavy atom. The van der Waals surface area contributed by atoms with Crippen LogP contribution in [0.5, 0.6) is 0 Å². The Hall–Kier alpha value is -3.15. The minimum Gasteiger partial charge on any atom is -0.462 e. The van der Waals surface area contributed by atoms with Gasteiger partial charge in [0.25, 0.3) is 0 Å². The van der Waals surface area contributed by atoms with Gasteiger partial charge in [0, 0.05) is 19.3 Å². The van der Waals surface area contributed by atoms with Crippen molar-refractivity contribution in [3.05, 3.63) is 72.9 Å². The first-order valence-corrected chi connectivity index (χ1v) is 29.9. The summed E-state index contributed by atoms with van der Waals surface area (Å²) < 4.78 is 16.9. The van der Waals surface area contributed by atoms with E-state index < -0.39 is 6.10 Å². The molecule has 0 aromatic rings. The van der Waals surface area contributed by atoms with Gasteiger partial charge in [0.1, 0.15) is 13.2 Å². The maximum atomic E-state index is 12.8. The molecular weight excluding hydrogens is 865 g/mol. The summed E-state index contributed by atoms with van der Waals surface area (Å²) in [4.78, 5) is 38.2. The Balaban J connectivity index is 4.30. The van der Waals surface area contributed by atoms with Crippen LogP contribution in [0.25, 0.3) is 0 Å². The smallest absolute Gasteiger partial charge is 0.306 e. The van der Waals surface area contributed by atoms with Crippen molar-refractivity contribution in [1.82, 2.24) is 0 Å². The molecule has 6 nitrogen and oxygen atoms in total. The number of hydrogen-bond acceptors (Lipinski definition) is 6. The first kappa shape index (κ1) is 66.9. The highest BCUT2D eigenvalue weighted by Crippen LogP contribution is 2.16. The highest BCUT2D eigenvalue weighted by molar-refractivity contribution is 5.71. The maximum Gasteiger partial charge on any atom is 0.306 e. The molecule has 0 saturated heterocycles. The first-order valence-electron chi connectivity index (χ1n) is 29.9. The van der Waals surface area contributed by atoms with Crippen LogP contribution in [0.2, 0.25) is 0 Å². The third-order valence-corrected chi connectivity index (χ3v) is 12.9. The Kier molecular flexibility index (Phi) is 55.8. The van der Waals surface area contributed by atoms with Crippen LogP contribution >= 0.6 is 0 Å². The molecule has 0 bridgehead atoms. The van der Waals surface area contributed by atoms with Gasteiger partial charge >= 0.3 is 17.9 Å². The number of hydrogen-bond donors (Lipinski definition) is 0. The van der Waals surface area contributed by atoms with Crippen molar-refractivity contribution in [2.75, 3.05) is 13.2 Å². The largest absolute Gasteiger partial charge is 0.462 e. The maximum absolute atomic E-state index is 12.8. The van der Waals surface area contributed by atoms with E-state index in [0.717, 1.165) is 109 Å². The van der Waals surface area contributed by atoms with Crippen LogP contribution in [0.15, 0.2) is 72.9 Å². The summed E-state index contributed by atoms with van der Waals surface area (Å²) in [5.41, 5.74) is 0. The Bertz CT molecular complexity index is 1310. The molecule has 1 unspecified atom stereocenters. The molecule has 0 aliphatic carbocycles.